The summed E-state index contributed by atoms with van der Waals surface area (Å²) in [5.41, 5.74) is 0. The van der Waals surface area contributed by atoms with Crippen LogP contribution in [0.3, 0.4) is 0 Å². The maximum Gasteiger partial charge on any atom is 0.327 e. The van der Waals surface area contributed by atoms with Crippen molar-refractivity contribution in [3.8, 4) is 0 Å². The fraction of sp³-hybridized carbons (Fsp3) is 0.571. The number of hydrogen-bond donors (Lipinski definition) is 6. The number of hydrogen-bond acceptors (Lipinski definition) is 6. The Morgan fingerprint density at radius 1 is 0.567 bits per heavy atom. The lowest BCUT2D eigenvalue weighted by molar-refractivity contribution is -0.132. The average molecular weight is 439 g/mol. The fourth-order valence-electron chi connectivity index (χ4n) is 0.474. The first-order chi connectivity index (χ1) is 14.1. The van der Waals surface area contributed by atoms with E-state index in [-0.39, 0.29) is 0 Å². The maximum absolute atomic E-state index is 9.25. The van der Waals surface area contributed by atoms with E-state index >= 15 is 0 Å². The van der Waals surface area contributed by atoms with Crippen molar-refractivity contribution in [3.05, 3.63) is 38.0 Å². The van der Waals surface area contributed by atoms with Gasteiger partial charge in [-0.2, -0.15) is 0 Å². The zero-order chi connectivity index (χ0) is 25.2. The molecule has 0 spiro atoms. The smallest absolute Gasteiger partial charge is 0.327 e. The van der Waals surface area contributed by atoms with Gasteiger partial charge in [-0.05, 0) is 19.3 Å². The van der Waals surface area contributed by atoms with Crippen LogP contribution in [0.4, 0.5) is 0 Å². The molecule has 9 heteroatoms. The Morgan fingerprint density at radius 2 is 0.700 bits per heavy atom. The highest BCUT2D eigenvalue weighted by molar-refractivity contribution is 5.79. The average Bonchev–Trinajstić information content (AvgIpc) is 2.72. The number of carbonyl (C=O) groups is 3. The zero-order valence-corrected chi connectivity index (χ0v) is 18.6. The normalized spacial score (nSPS) is 7.40. The monoisotopic (exact) mass is 438 g/mol. The molecular formula is C21H42O9. The van der Waals surface area contributed by atoms with Gasteiger partial charge in [0.15, 0.2) is 0 Å². The van der Waals surface area contributed by atoms with Crippen LogP contribution in [0.5, 0.6) is 0 Å². The molecule has 0 aromatic heterocycles. The van der Waals surface area contributed by atoms with Crippen molar-refractivity contribution < 1.29 is 45.0 Å². The summed E-state index contributed by atoms with van der Waals surface area (Å²) in [7, 11) is 0. The third-order valence-corrected chi connectivity index (χ3v) is 2.06. The summed E-state index contributed by atoms with van der Waals surface area (Å²) in [5, 5.41) is 47.0. The summed E-state index contributed by atoms with van der Waals surface area (Å²) in [6.07, 6.45) is 8.61. The Balaban J connectivity index is -0.0000000576. The van der Waals surface area contributed by atoms with Crippen molar-refractivity contribution in [3.63, 3.8) is 0 Å². The highest BCUT2D eigenvalue weighted by Crippen LogP contribution is 1.79. The van der Waals surface area contributed by atoms with E-state index in [2.05, 4.69) is 40.5 Å². The third-order valence-electron chi connectivity index (χ3n) is 2.06. The number of aliphatic carboxylic acids is 3. The number of unbranched alkanes of at least 4 members (excludes halogenated alkanes) is 3. The van der Waals surface area contributed by atoms with Crippen LogP contribution in [0, 0.1) is 0 Å². The Kier molecular flexibility index (Phi) is 70.1. The number of carboxylic acid groups (broad SMARTS) is 3. The molecule has 0 unspecified atom stereocenters. The quantitative estimate of drug-likeness (QED) is 0.296. The second-order valence-corrected chi connectivity index (χ2v) is 4.86. The van der Waals surface area contributed by atoms with Crippen LogP contribution < -0.4 is 0 Å². The minimum atomic E-state index is -0.981. The van der Waals surface area contributed by atoms with Gasteiger partial charge in [-0.25, -0.2) is 14.4 Å². The van der Waals surface area contributed by atoms with Gasteiger partial charge in [0.05, 0.1) is 0 Å². The predicted octanol–water partition coefficient (Wildman–Crippen LogP) is 3.11. The molecule has 0 aromatic rings. The minimum absolute atomic E-state index is 0.344. The number of aliphatic hydroxyl groups is 3. The molecule has 0 radical (unpaired) electrons. The van der Waals surface area contributed by atoms with Gasteiger partial charge in [0.2, 0.25) is 0 Å². The third kappa shape index (κ3) is 169. The number of carboxylic acids is 3. The van der Waals surface area contributed by atoms with Crippen LogP contribution in [-0.2, 0) is 14.4 Å². The van der Waals surface area contributed by atoms with Crippen LogP contribution in [0.25, 0.3) is 0 Å². The van der Waals surface area contributed by atoms with Crippen molar-refractivity contribution in [2.24, 2.45) is 0 Å². The lowest BCUT2D eigenvalue weighted by atomic mass is 10.4. The van der Waals surface area contributed by atoms with Crippen LogP contribution in [-0.4, -0.2) is 68.4 Å². The van der Waals surface area contributed by atoms with Gasteiger partial charge in [-0.3, -0.25) is 0 Å². The van der Waals surface area contributed by atoms with Crippen molar-refractivity contribution in [1.29, 1.82) is 0 Å². The van der Waals surface area contributed by atoms with Crippen LogP contribution >= 0.6 is 0 Å². The lowest BCUT2D eigenvalue weighted by Crippen LogP contribution is -1.82. The van der Waals surface area contributed by atoms with Gasteiger partial charge in [0.1, 0.15) is 0 Å². The lowest BCUT2D eigenvalue weighted by Gasteiger charge is -1.79. The van der Waals surface area contributed by atoms with Crippen LogP contribution in [0.15, 0.2) is 38.0 Å². The summed E-state index contributed by atoms with van der Waals surface area (Å²) in [5.74, 6) is -2.94. The molecule has 6 N–H and O–H groups in total. The highest BCUT2D eigenvalue weighted by atomic mass is 16.4. The summed E-state index contributed by atoms with van der Waals surface area (Å²) in [6.45, 7) is 16.1. The van der Waals surface area contributed by atoms with Gasteiger partial charge in [0, 0.05) is 38.0 Å². The van der Waals surface area contributed by atoms with E-state index in [0.29, 0.717) is 19.8 Å². The molecule has 9 nitrogen and oxygen atoms in total. The summed E-state index contributed by atoms with van der Waals surface area (Å²) in [6, 6.07) is 0. The van der Waals surface area contributed by atoms with E-state index in [1.54, 1.807) is 0 Å². The Labute approximate surface area is 180 Å². The molecular weight excluding hydrogens is 396 g/mol. The van der Waals surface area contributed by atoms with Crippen molar-refractivity contribution in [2.45, 2.75) is 59.3 Å². The molecule has 0 amide bonds. The van der Waals surface area contributed by atoms with Crippen LogP contribution in [0.2, 0.25) is 0 Å². The van der Waals surface area contributed by atoms with Gasteiger partial charge in [0.25, 0.3) is 0 Å². The van der Waals surface area contributed by atoms with E-state index in [0.717, 1.165) is 56.8 Å². The van der Waals surface area contributed by atoms with Gasteiger partial charge >= 0.3 is 17.9 Å². The molecule has 30 heavy (non-hydrogen) atoms. The summed E-state index contributed by atoms with van der Waals surface area (Å²) < 4.78 is 0. The van der Waals surface area contributed by atoms with Gasteiger partial charge in [-0.1, -0.05) is 59.8 Å². The largest absolute Gasteiger partial charge is 0.478 e. The summed E-state index contributed by atoms with van der Waals surface area (Å²) in [4.78, 5) is 27.8. The van der Waals surface area contributed by atoms with Gasteiger partial charge < -0.3 is 30.6 Å². The molecule has 0 aliphatic carbocycles. The molecule has 180 valence electrons. The second-order valence-electron chi connectivity index (χ2n) is 4.86. The van der Waals surface area contributed by atoms with E-state index in [1.807, 2.05) is 0 Å². The van der Waals surface area contributed by atoms with E-state index < -0.39 is 17.9 Å². The molecule has 0 aliphatic heterocycles. The molecule has 0 aliphatic rings. The highest BCUT2D eigenvalue weighted by Gasteiger charge is 1.74. The first-order valence-corrected chi connectivity index (χ1v) is 9.44. The Morgan fingerprint density at radius 3 is 0.700 bits per heavy atom. The van der Waals surface area contributed by atoms with E-state index in [4.69, 9.17) is 30.6 Å². The SMILES string of the molecule is C=CC(=O)O.C=CC(=O)O.C=CC(=O)O.CCCCO.CCCCO.CCCCO. The topological polar surface area (TPSA) is 173 Å². The first-order valence-electron chi connectivity index (χ1n) is 9.44. The van der Waals surface area contributed by atoms with Crippen molar-refractivity contribution in [1.82, 2.24) is 0 Å². The standard InChI is InChI=1S/3C4H10O.3C3H4O2/c3*1-2-3-4-5;3*1-2-3(4)5/h3*5H,2-4H2,1H3;3*2H,1H2,(H,4,5). The minimum Gasteiger partial charge on any atom is -0.478 e. The van der Waals surface area contributed by atoms with Crippen molar-refractivity contribution in [2.75, 3.05) is 19.8 Å². The molecule has 0 atom stereocenters. The molecule has 0 bridgehead atoms. The number of rotatable bonds is 9. The molecule has 0 saturated carbocycles. The number of aliphatic hydroxyl groups excluding tert-OH is 3. The van der Waals surface area contributed by atoms with E-state index in [1.165, 1.54) is 0 Å². The fourth-order valence-corrected chi connectivity index (χ4v) is 0.474. The molecule has 0 saturated heterocycles. The molecule has 0 rings (SSSR count). The molecule has 0 heterocycles. The molecule has 0 fully saturated rings. The zero-order valence-electron chi connectivity index (χ0n) is 18.6. The summed E-state index contributed by atoms with van der Waals surface area (Å²) >= 11 is 0. The second kappa shape index (κ2) is 50.4. The Hall–Kier alpha value is -2.49. The van der Waals surface area contributed by atoms with Crippen LogP contribution in [0.1, 0.15) is 59.3 Å². The first kappa shape index (κ1) is 41.8. The Bertz CT molecular complexity index is 318. The molecule has 0 aromatic carbocycles. The van der Waals surface area contributed by atoms with E-state index in [9.17, 15) is 14.4 Å². The maximum atomic E-state index is 9.25. The van der Waals surface area contributed by atoms with Crippen molar-refractivity contribution >= 4 is 17.9 Å². The van der Waals surface area contributed by atoms with Gasteiger partial charge in [-0.15, -0.1) is 0 Å². The predicted molar refractivity (Wildman–Crippen MR) is 119 cm³/mol.